The summed E-state index contributed by atoms with van der Waals surface area (Å²) in [6, 6.07) is 0.383. The molecule has 0 saturated carbocycles. The Labute approximate surface area is 93.6 Å². The van der Waals surface area contributed by atoms with Crippen LogP contribution >= 0.6 is 11.6 Å². The summed E-state index contributed by atoms with van der Waals surface area (Å²) < 4.78 is 4.87. The zero-order chi connectivity index (χ0) is 11.3. The minimum Gasteiger partial charge on any atom is -0.467 e. The number of rotatable bonds is 5. The standard InChI is InChI=1S/C9H13ClN4O/c1-4-5-6(2)11-8-12-7(10)13-9(14-8)15-3/h4,6H,1,5H2,2-3H3,(H,11,12,13,14). The maximum absolute atomic E-state index is 5.69. The lowest BCUT2D eigenvalue weighted by atomic mass is 10.2. The molecule has 0 aliphatic carbocycles. The number of hydrogen-bond acceptors (Lipinski definition) is 5. The minimum atomic E-state index is 0.107. The predicted octanol–water partition coefficient (Wildman–Crippen LogP) is 1.91. The van der Waals surface area contributed by atoms with Crippen LogP contribution in [0, 0.1) is 0 Å². The third-order valence-corrected chi connectivity index (χ3v) is 1.83. The monoisotopic (exact) mass is 228 g/mol. The van der Waals surface area contributed by atoms with Crippen LogP contribution in [-0.4, -0.2) is 28.1 Å². The Morgan fingerprint density at radius 1 is 1.53 bits per heavy atom. The third kappa shape index (κ3) is 3.71. The Morgan fingerprint density at radius 2 is 2.27 bits per heavy atom. The summed E-state index contributed by atoms with van der Waals surface area (Å²) in [5.74, 6) is 0.404. The lowest BCUT2D eigenvalue weighted by molar-refractivity contribution is 0.378. The van der Waals surface area contributed by atoms with E-state index >= 15 is 0 Å². The second kappa shape index (κ2) is 5.50. The van der Waals surface area contributed by atoms with Crippen LogP contribution in [0.1, 0.15) is 13.3 Å². The van der Waals surface area contributed by atoms with Crippen molar-refractivity contribution in [3.8, 4) is 6.01 Å². The summed E-state index contributed by atoms with van der Waals surface area (Å²) in [5.41, 5.74) is 0. The van der Waals surface area contributed by atoms with Crippen LogP contribution in [0.3, 0.4) is 0 Å². The SMILES string of the molecule is C=CCC(C)Nc1nc(Cl)nc(OC)n1. The number of halogens is 1. The van der Waals surface area contributed by atoms with Gasteiger partial charge in [-0.3, -0.25) is 0 Å². The summed E-state index contributed by atoms with van der Waals surface area (Å²) >= 11 is 5.69. The van der Waals surface area contributed by atoms with Crippen LogP contribution in [0.4, 0.5) is 5.95 Å². The molecule has 15 heavy (non-hydrogen) atoms. The summed E-state index contributed by atoms with van der Waals surface area (Å²) in [5, 5.41) is 3.17. The molecule has 1 atom stereocenters. The molecule has 0 aliphatic rings. The average molecular weight is 229 g/mol. The van der Waals surface area contributed by atoms with Gasteiger partial charge in [0.2, 0.25) is 11.2 Å². The van der Waals surface area contributed by atoms with E-state index in [4.69, 9.17) is 16.3 Å². The number of methoxy groups -OCH3 is 1. The van der Waals surface area contributed by atoms with Crippen molar-refractivity contribution < 1.29 is 4.74 Å². The van der Waals surface area contributed by atoms with Gasteiger partial charge in [0.1, 0.15) is 0 Å². The van der Waals surface area contributed by atoms with Gasteiger partial charge in [0, 0.05) is 6.04 Å². The Balaban J connectivity index is 2.75. The van der Waals surface area contributed by atoms with E-state index in [1.54, 1.807) is 0 Å². The summed E-state index contributed by atoms with van der Waals surface area (Å²) in [4.78, 5) is 11.7. The molecule has 0 spiro atoms. The first kappa shape index (κ1) is 11.7. The zero-order valence-electron chi connectivity index (χ0n) is 8.70. The van der Waals surface area contributed by atoms with Crippen molar-refractivity contribution in [2.24, 2.45) is 0 Å². The second-order valence-corrected chi connectivity index (χ2v) is 3.32. The van der Waals surface area contributed by atoms with E-state index in [2.05, 4.69) is 26.8 Å². The molecule has 6 heteroatoms. The predicted molar refractivity (Wildman–Crippen MR) is 59.3 cm³/mol. The van der Waals surface area contributed by atoms with Gasteiger partial charge in [-0.2, -0.15) is 15.0 Å². The largest absolute Gasteiger partial charge is 0.467 e. The van der Waals surface area contributed by atoms with E-state index < -0.39 is 0 Å². The molecule has 1 aromatic rings. The maximum Gasteiger partial charge on any atom is 0.322 e. The lowest BCUT2D eigenvalue weighted by Crippen LogP contribution is -2.16. The van der Waals surface area contributed by atoms with Gasteiger partial charge in [-0.05, 0) is 24.9 Å². The highest BCUT2D eigenvalue weighted by Crippen LogP contribution is 2.12. The lowest BCUT2D eigenvalue weighted by Gasteiger charge is -2.11. The van der Waals surface area contributed by atoms with Gasteiger partial charge in [0.25, 0.3) is 0 Å². The molecule has 82 valence electrons. The van der Waals surface area contributed by atoms with E-state index in [0.29, 0.717) is 5.95 Å². The number of hydrogen-bond donors (Lipinski definition) is 1. The molecule has 0 aromatic carbocycles. The van der Waals surface area contributed by atoms with Crippen molar-refractivity contribution in [3.05, 3.63) is 17.9 Å². The van der Waals surface area contributed by atoms with Gasteiger partial charge in [0.15, 0.2) is 0 Å². The van der Waals surface area contributed by atoms with Gasteiger partial charge < -0.3 is 10.1 Å². The van der Waals surface area contributed by atoms with Crippen LogP contribution in [0.25, 0.3) is 0 Å². The van der Waals surface area contributed by atoms with Gasteiger partial charge in [-0.1, -0.05) is 6.08 Å². The van der Waals surface area contributed by atoms with Crippen molar-refractivity contribution in [1.82, 2.24) is 15.0 Å². The van der Waals surface area contributed by atoms with Gasteiger partial charge in [0.05, 0.1) is 7.11 Å². The fourth-order valence-corrected chi connectivity index (χ4v) is 1.17. The molecule has 1 heterocycles. The maximum atomic E-state index is 5.69. The molecule has 0 radical (unpaired) electrons. The summed E-state index contributed by atoms with van der Waals surface area (Å²) in [7, 11) is 1.47. The number of nitrogens with zero attached hydrogens (tertiary/aromatic N) is 3. The Bertz CT molecular complexity index is 345. The molecule has 0 amide bonds. The molecule has 1 N–H and O–H groups in total. The van der Waals surface area contributed by atoms with Crippen molar-refractivity contribution in [3.63, 3.8) is 0 Å². The fourth-order valence-electron chi connectivity index (χ4n) is 1.02. The highest BCUT2D eigenvalue weighted by Gasteiger charge is 2.07. The fraction of sp³-hybridized carbons (Fsp3) is 0.444. The van der Waals surface area contributed by atoms with Crippen molar-refractivity contribution in [1.29, 1.82) is 0 Å². The van der Waals surface area contributed by atoms with Crippen LogP contribution in [0.15, 0.2) is 12.7 Å². The first-order chi connectivity index (χ1) is 7.15. The van der Waals surface area contributed by atoms with Gasteiger partial charge in [-0.25, -0.2) is 0 Å². The Morgan fingerprint density at radius 3 is 2.87 bits per heavy atom. The molecule has 5 nitrogen and oxygen atoms in total. The number of ether oxygens (including phenoxy) is 1. The van der Waals surface area contributed by atoms with Crippen LogP contribution in [-0.2, 0) is 0 Å². The normalized spacial score (nSPS) is 11.9. The van der Waals surface area contributed by atoms with Crippen LogP contribution in [0.5, 0.6) is 6.01 Å². The molecular formula is C9H13ClN4O. The molecule has 1 rings (SSSR count). The van der Waals surface area contributed by atoms with Crippen molar-refractivity contribution in [2.45, 2.75) is 19.4 Å². The minimum absolute atomic E-state index is 0.107. The van der Waals surface area contributed by atoms with Crippen molar-refractivity contribution in [2.75, 3.05) is 12.4 Å². The van der Waals surface area contributed by atoms with E-state index in [9.17, 15) is 0 Å². The van der Waals surface area contributed by atoms with E-state index in [1.165, 1.54) is 7.11 Å². The van der Waals surface area contributed by atoms with E-state index in [-0.39, 0.29) is 17.3 Å². The molecule has 0 saturated heterocycles. The first-order valence-corrected chi connectivity index (χ1v) is 4.86. The topological polar surface area (TPSA) is 59.9 Å². The quantitative estimate of drug-likeness (QED) is 0.781. The highest BCUT2D eigenvalue weighted by atomic mass is 35.5. The van der Waals surface area contributed by atoms with E-state index in [0.717, 1.165) is 6.42 Å². The molecule has 0 fully saturated rings. The smallest absolute Gasteiger partial charge is 0.322 e. The third-order valence-electron chi connectivity index (χ3n) is 1.67. The summed E-state index contributed by atoms with van der Waals surface area (Å²) in [6.45, 7) is 5.64. The molecular weight excluding hydrogens is 216 g/mol. The number of nitrogens with one attached hydrogen (secondary N) is 1. The zero-order valence-corrected chi connectivity index (χ0v) is 9.45. The van der Waals surface area contributed by atoms with Crippen molar-refractivity contribution >= 4 is 17.5 Å². The first-order valence-electron chi connectivity index (χ1n) is 4.48. The van der Waals surface area contributed by atoms with Crippen LogP contribution < -0.4 is 10.1 Å². The average Bonchev–Trinajstić information content (AvgIpc) is 2.17. The Hall–Kier alpha value is -1.36. The molecule has 0 aliphatic heterocycles. The molecule has 1 aromatic heterocycles. The molecule has 0 bridgehead atoms. The summed E-state index contributed by atoms with van der Waals surface area (Å²) in [6.07, 6.45) is 2.63. The highest BCUT2D eigenvalue weighted by molar-refractivity contribution is 6.28. The van der Waals surface area contributed by atoms with E-state index in [1.807, 2.05) is 13.0 Å². The molecule has 1 unspecified atom stereocenters. The Kier molecular flexibility index (Phi) is 4.30. The van der Waals surface area contributed by atoms with Gasteiger partial charge >= 0.3 is 6.01 Å². The number of anilines is 1. The van der Waals surface area contributed by atoms with Gasteiger partial charge in [-0.15, -0.1) is 6.58 Å². The van der Waals surface area contributed by atoms with Crippen LogP contribution in [0.2, 0.25) is 5.28 Å². The second-order valence-electron chi connectivity index (χ2n) is 2.98. The number of aromatic nitrogens is 3.